The molecule has 2 aromatic carbocycles. The number of amides is 1. The minimum atomic E-state index is -0.909. The van der Waals surface area contributed by atoms with Crippen LogP contribution in [-0.4, -0.2) is 36.6 Å². The lowest BCUT2D eigenvalue weighted by Gasteiger charge is -2.36. The van der Waals surface area contributed by atoms with Crippen LogP contribution in [0.4, 0.5) is 19.6 Å². The van der Waals surface area contributed by atoms with Crippen molar-refractivity contribution < 1.29 is 13.6 Å². The van der Waals surface area contributed by atoms with Crippen molar-refractivity contribution in [2.75, 3.05) is 29.9 Å². The summed E-state index contributed by atoms with van der Waals surface area (Å²) in [6, 6.07) is 7.84. The van der Waals surface area contributed by atoms with Crippen molar-refractivity contribution >= 4 is 38.3 Å². The molecule has 5 nitrogen and oxygen atoms in total. The van der Waals surface area contributed by atoms with Gasteiger partial charge >= 0.3 is 0 Å². The van der Waals surface area contributed by atoms with E-state index in [9.17, 15) is 13.6 Å². The SMILES string of the molecule is C#Cc1cccc2sc(NC(=O)c3c(F)cc(N4CCNC[C@H]4C)cc3F)nc12. The van der Waals surface area contributed by atoms with E-state index in [1.54, 1.807) is 12.1 Å². The van der Waals surface area contributed by atoms with E-state index in [-0.39, 0.29) is 11.2 Å². The number of para-hydroxylation sites is 1. The molecule has 1 atom stereocenters. The fourth-order valence-electron chi connectivity index (χ4n) is 3.45. The lowest BCUT2D eigenvalue weighted by atomic mass is 10.1. The molecule has 148 valence electrons. The van der Waals surface area contributed by atoms with Crippen molar-refractivity contribution in [3.63, 3.8) is 0 Å². The zero-order valence-electron chi connectivity index (χ0n) is 15.6. The van der Waals surface area contributed by atoms with Crippen LogP contribution in [-0.2, 0) is 0 Å². The number of thiazole rings is 1. The van der Waals surface area contributed by atoms with E-state index in [2.05, 4.69) is 21.5 Å². The topological polar surface area (TPSA) is 57.3 Å². The first-order valence-electron chi connectivity index (χ1n) is 9.12. The quantitative estimate of drug-likeness (QED) is 0.646. The van der Waals surface area contributed by atoms with E-state index in [0.717, 1.165) is 17.8 Å². The van der Waals surface area contributed by atoms with E-state index < -0.39 is 23.1 Å². The van der Waals surface area contributed by atoms with Crippen LogP contribution in [0.5, 0.6) is 0 Å². The first-order valence-corrected chi connectivity index (χ1v) is 9.93. The van der Waals surface area contributed by atoms with Crippen LogP contribution in [0, 0.1) is 24.0 Å². The Morgan fingerprint density at radius 1 is 1.38 bits per heavy atom. The highest BCUT2D eigenvalue weighted by Gasteiger charge is 2.24. The highest BCUT2D eigenvalue weighted by molar-refractivity contribution is 7.22. The Hall–Kier alpha value is -3.02. The van der Waals surface area contributed by atoms with Crippen molar-refractivity contribution in [3.05, 3.63) is 53.1 Å². The Kier molecular flexibility index (Phi) is 5.18. The van der Waals surface area contributed by atoms with Crippen molar-refractivity contribution in [1.29, 1.82) is 0 Å². The summed E-state index contributed by atoms with van der Waals surface area (Å²) in [4.78, 5) is 18.8. The number of nitrogens with zero attached hydrogens (tertiary/aromatic N) is 2. The third kappa shape index (κ3) is 3.67. The second kappa shape index (κ2) is 7.78. The summed E-state index contributed by atoms with van der Waals surface area (Å²) in [6.45, 7) is 4.06. The molecule has 0 spiro atoms. The van der Waals surface area contributed by atoms with E-state index >= 15 is 0 Å². The number of rotatable bonds is 3. The molecule has 1 saturated heterocycles. The third-order valence-electron chi connectivity index (χ3n) is 4.88. The number of aromatic nitrogens is 1. The molecular weight excluding hydrogens is 394 g/mol. The Labute approximate surface area is 170 Å². The molecule has 0 unspecified atom stereocenters. The molecule has 0 aliphatic carbocycles. The van der Waals surface area contributed by atoms with Gasteiger partial charge in [-0.15, -0.1) is 6.42 Å². The summed E-state index contributed by atoms with van der Waals surface area (Å²) in [6.07, 6.45) is 5.46. The molecule has 8 heteroatoms. The number of carbonyl (C=O) groups excluding carboxylic acids is 1. The molecule has 1 aromatic heterocycles. The van der Waals surface area contributed by atoms with Gasteiger partial charge in [0.1, 0.15) is 17.2 Å². The van der Waals surface area contributed by atoms with Crippen LogP contribution < -0.4 is 15.5 Å². The van der Waals surface area contributed by atoms with Gasteiger partial charge in [-0.05, 0) is 31.2 Å². The predicted molar refractivity (Wildman–Crippen MR) is 112 cm³/mol. The summed E-state index contributed by atoms with van der Waals surface area (Å²) in [7, 11) is 0. The maximum atomic E-state index is 14.7. The normalized spacial score (nSPS) is 16.6. The van der Waals surface area contributed by atoms with Crippen LogP contribution in [0.3, 0.4) is 0 Å². The second-order valence-electron chi connectivity index (χ2n) is 6.80. The number of carbonyl (C=O) groups is 1. The molecule has 2 N–H and O–H groups in total. The summed E-state index contributed by atoms with van der Waals surface area (Å²) < 4.78 is 30.1. The van der Waals surface area contributed by atoms with Crippen LogP contribution in [0.1, 0.15) is 22.8 Å². The lowest BCUT2D eigenvalue weighted by Crippen LogP contribution is -2.50. The van der Waals surface area contributed by atoms with Gasteiger partial charge in [0.15, 0.2) is 5.13 Å². The number of hydrogen-bond donors (Lipinski definition) is 2. The Morgan fingerprint density at radius 2 is 2.14 bits per heavy atom. The average Bonchev–Trinajstić information content (AvgIpc) is 3.10. The monoisotopic (exact) mass is 412 g/mol. The van der Waals surface area contributed by atoms with E-state index in [1.165, 1.54) is 23.5 Å². The van der Waals surface area contributed by atoms with Gasteiger partial charge in [0.05, 0.1) is 15.8 Å². The van der Waals surface area contributed by atoms with Gasteiger partial charge in [-0.3, -0.25) is 10.1 Å². The summed E-state index contributed by atoms with van der Waals surface area (Å²) in [5, 5.41) is 5.94. The Morgan fingerprint density at radius 3 is 2.83 bits per heavy atom. The molecule has 2 heterocycles. The molecule has 1 fully saturated rings. The molecule has 1 aliphatic heterocycles. The van der Waals surface area contributed by atoms with Gasteiger partial charge in [-0.2, -0.15) is 0 Å². The van der Waals surface area contributed by atoms with Crippen LogP contribution in [0.15, 0.2) is 30.3 Å². The average molecular weight is 412 g/mol. The van der Waals surface area contributed by atoms with Crippen molar-refractivity contribution in [1.82, 2.24) is 10.3 Å². The molecule has 0 saturated carbocycles. The molecule has 4 rings (SSSR count). The molecule has 0 bridgehead atoms. The molecule has 1 aliphatic rings. The lowest BCUT2D eigenvalue weighted by molar-refractivity contribution is 0.101. The van der Waals surface area contributed by atoms with E-state index in [0.29, 0.717) is 23.3 Å². The highest BCUT2D eigenvalue weighted by atomic mass is 32.1. The van der Waals surface area contributed by atoms with Gasteiger partial charge in [-0.25, -0.2) is 13.8 Å². The number of benzene rings is 2. The van der Waals surface area contributed by atoms with Crippen molar-refractivity contribution in [3.8, 4) is 12.3 Å². The first kappa shape index (κ1) is 19.3. The number of terminal acetylenes is 1. The number of anilines is 2. The molecule has 29 heavy (non-hydrogen) atoms. The highest BCUT2D eigenvalue weighted by Crippen LogP contribution is 2.29. The maximum absolute atomic E-state index is 14.7. The standard InChI is InChI=1S/C21H18F2N4OS/c1-3-13-5-4-6-17-19(13)25-21(29-17)26-20(28)18-15(22)9-14(10-16(18)23)27-8-7-24-11-12(27)2/h1,4-6,9-10,12,24H,7-8,11H2,2H3,(H,25,26,28)/t12-/m1/s1. The van der Waals surface area contributed by atoms with Gasteiger partial charge in [0.25, 0.3) is 5.91 Å². The van der Waals surface area contributed by atoms with Crippen molar-refractivity contribution in [2.45, 2.75) is 13.0 Å². The maximum Gasteiger partial charge on any atom is 0.263 e. The zero-order valence-corrected chi connectivity index (χ0v) is 16.4. The molecule has 1 amide bonds. The third-order valence-corrected chi connectivity index (χ3v) is 5.82. The zero-order chi connectivity index (χ0) is 20.5. The number of halogens is 2. The number of nitrogens with one attached hydrogen (secondary N) is 2. The predicted octanol–water partition coefficient (Wildman–Crippen LogP) is 3.61. The summed E-state index contributed by atoms with van der Waals surface area (Å²) >= 11 is 1.19. The summed E-state index contributed by atoms with van der Waals surface area (Å²) in [5.41, 5.74) is 0.947. The van der Waals surface area contributed by atoms with Gasteiger partial charge < -0.3 is 10.2 Å². The molecule has 3 aromatic rings. The van der Waals surface area contributed by atoms with Crippen LogP contribution >= 0.6 is 11.3 Å². The van der Waals surface area contributed by atoms with Crippen LogP contribution in [0.25, 0.3) is 10.2 Å². The molecular formula is C21H18F2N4OS. The van der Waals surface area contributed by atoms with Gasteiger partial charge in [0, 0.05) is 31.4 Å². The minimum Gasteiger partial charge on any atom is -0.366 e. The number of hydrogen-bond acceptors (Lipinski definition) is 5. The van der Waals surface area contributed by atoms with Crippen LogP contribution in [0.2, 0.25) is 0 Å². The number of fused-ring (bicyclic) bond motifs is 1. The van der Waals surface area contributed by atoms with E-state index in [4.69, 9.17) is 6.42 Å². The fourth-order valence-corrected chi connectivity index (χ4v) is 4.33. The van der Waals surface area contributed by atoms with Gasteiger partial charge in [0.2, 0.25) is 0 Å². The first-order chi connectivity index (χ1) is 14.0. The Bertz CT molecular complexity index is 1110. The summed E-state index contributed by atoms with van der Waals surface area (Å²) in [5.74, 6) is -0.175. The number of piperazine rings is 1. The minimum absolute atomic E-state index is 0.0929. The van der Waals surface area contributed by atoms with E-state index in [1.807, 2.05) is 17.9 Å². The Balaban J connectivity index is 1.61. The molecule has 0 radical (unpaired) electrons. The largest absolute Gasteiger partial charge is 0.366 e. The van der Waals surface area contributed by atoms with Crippen molar-refractivity contribution in [2.24, 2.45) is 0 Å². The van der Waals surface area contributed by atoms with Gasteiger partial charge in [-0.1, -0.05) is 23.3 Å². The second-order valence-corrected chi connectivity index (χ2v) is 7.83. The smallest absolute Gasteiger partial charge is 0.263 e. The fraction of sp³-hybridized carbons (Fsp3) is 0.238.